The third-order valence-electron chi connectivity index (χ3n) is 2.22. The Morgan fingerprint density at radius 2 is 2.00 bits per heavy atom. The van der Waals surface area contributed by atoms with Crippen LogP contribution in [0.5, 0.6) is 0 Å². The Hall–Kier alpha value is -1.49. The number of ketones is 1. The van der Waals surface area contributed by atoms with Gasteiger partial charge in [0.25, 0.3) is 0 Å². The molecular formula is C12H15FN2OS. The van der Waals surface area contributed by atoms with E-state index in [1.54, 1.807) is 12.1 Å². The molecule has 3 nitrogen and oxygen atoms in total. The van der Waals surface area contributed by atoms with Crippen LogP contribution in [-0.2, 0) is 4.79 Å². The van der Waals surface area contributed by atoms with Crippen LogP contribution < -0.4 is 10.6 Å². The molecule has 0 radical (unpaired) electrons. The Balaban J connectivity index is 2.48. The Labute approximate surface area is 105 Å². The normalized spacial score (nSPS) is 11.7. The molecule has 0 saturated carbocycles. The summed E-state index contributed by atoms with van der Waals surface area (Å²) in [6.07, 6.45) is 0. The number of benzene rings is 1. The largest absolute Gasteiger partial charge is 0.356 e. The minimum Gasteiger partial charge on any atom is -0.356 e. The first-order valence-electron chi connectivity index (χ1n) is 5.28. The van der Waals surface area contributed by atoms with Crippen molar-refractivity contribution in [3.05, 3.63) is 35.6 Å². The van der Waals surface area contributed by atoms with E-state index in [0.717, 1.165) is 5.56 Å². The molecule has 0 saturated heterocycles. The fourth-order valence-electron chi connectivity index (χ4n) is 1.29. The average Bonchev–Trinajstić information content (AvgIpc) is 2.27. The predicted octanol–water partition coefficient (Wildman–Crippen LogP) is 1.94. The highest BCUT2D eigenvalue weighted by atomic mass is 32.1. The number of carbonyl (C=O) groups is 1. The lowest BCUT2D eigenvalue weighted by Gasteiger charge is -2.16. The molecule has 0 aliphatic carbocycles. The molecule has 0 heterocycles. The molecule has 0 aliphatic rings. The summed E-state index contributed by atoms with van der Waals surface area (Å²) in [6, 6.07) is 6.16. The maximum atomic E-state index is 12.7. The van der Waals surface area contributed by atoms with Crippen LogP contribution in [0.25, 0.3) is 0 Å². The summed E-state index contributed by atoms with van der Waals surface area (Å²) in [6.45, 7) is 3.61. The Bertz CT molecular complexity index is 405. The molecule has 0 bridgehead atoms. The van der Waals surface area contributed by atoms with Crippen molar-refractivity contribution in [2.24, 2.45) is 0 Å². The van der Waals surface area contributed by atoms with Crippen molar-refractivity contribution < 1.29 is 9.18 Å². The summed E-state index contributed by atoms with van der Waals surface area (Å²) >= 11 is 5.03. The highest BCUT2D eigenvalue weighted by Crippen LogP contribution is 2.12. The van der Waals surface area contributed by atoms with Crippen LogP contribution >= 0.6 is 12.2 Å². The molecule has 0 amide bonds. The molecule has 5 heteroatoms. The molecule has 2 N–H and O–H groups in total. The number of halogens is 1. The summed E-state index contributed by atoms with van der Waals surface area (Å²) in [4.78, 5) is 10.7. The van der Waals surface area contributed by atoms with Crippen molar-refractivity contribution in [3.8, 4) is 0 Å². The van der Waals surface area contributed by atoms with Gasteiger partial charge in [-0.1, -0.05) is 12.1 Å². The van der Waals surface area contributed by atoms with Gasteiger partial charge in [-0.05, 0) is 43.8 Å². The van der Waals surface area contributed by atoms with Crippen LogP contribution in [-0.4, -0.2) is 17.4 Å². The van der Waals surface area contributed by atoms with Crippen molar-refractivity contribution in [2.75, 3.05) is 6.54 Å². The monoisotopic (exact) mass is 254 g/mol. The van der Waals surface area contributed by atoms with Crippen molar-refractivity contribution >= 4 is 23.1 Å². The first kappa shape index (κ1) is 13.6. The number of thiocarbonyl (C=S) groups is 1. The van der Waals surface area contributed by atoms with E-state index in [2.05, 4.69) is 10.6 Å². The Morgan fingerprint density at radius 3 is 2.53 bits per heavy atom. The van der Waals surface area contributed by atoms with Gasteiger partial charge in [0.1, 0.15) is 11.6 Å². The minimum absolute atomic E-state index is 0.0172. The van der Waals surface area contributed by atoms with E-state index in [4.69, 9.17) is 12.2 Å². The maximum absolute atomic E-state index is 12.7. The molecule has 17 heavy (non-hydrogen) atoms. The van der Waals surface area contributed by atoms with Crippen LogP contribution in [0.3, 0.4) is 0 Å². The SMILES string of the molecule is CC(=O)CNC(=S)N[C@@H](C)c1ccc(F)cc1. The molecule has 1 atom stereocenters. The van der Waals surface area contributed by atoms with Gasteiger partial charge in [-0.25, -0.2) is 4.39 Å². The zero-order valence-corrected chi connectivity index (χ0v) is 10.6. The van der Waals surface area contributed by atoms with Gasteiger partial charge >= 0.3 is 0 Å². The zero-order chi connectivity index (χ0) is 12.8. The summed E-state index contributed by atoms with van der Waals surface area (Å²) in [5, 5.41) is 6.22. The van der Waals surface area contributed by atoms with Gasteiger partial charge in [0.15, 0.2) is 5.11 Å². The highest BCUT2D eigenvalue weighted by Gasteiger charge is 2.07. The van der Waals surface area contributed by atoms with Gasteiger partial charge < -0.3 is 10.6 Å². The molecule has 0 aromatic heterocycles. The quantitative estimate of drug-likeness (QED) is 0.806. The van der Waals surface area contributed by atoms with Crippen molar-refractivity contribution in [1.82, 2.24) is 10.6 Å². The van der Waals surface area contributed by atoms with Gasteiger partial charge in [-0.3, -0.25) is 4.79 Å². The fraction of sp³-hybridized carbons (Fsp3) is 0.333. The summed E-state index contributed by atoms with van der Waals surface area (Å²) in [7, 11) is 0. The maximum Gasteiger partial charge on any atom is 0.167 e. The van der Waals surface area contributed by atoms with Gasteiger partial charge in [-0.2, -0.15) is 0 Å². The number of Topliss-reactive ketones (excluding diaryl/α,β-unsaturated/α-hetero) is 1. The predicted molar refractivity (Wildman–Crippen MR) is 69.2 cm³/mol. The van der Waals surface area contributed by atoms with E-state index in [1.165, 1.54) is 19.1 Å². The van der Waals surface area contributed by atoms with Crippen molar-refractivity contribution in [2.45, 2.75) is 19.9 Å². The second-order valence-corrected chi connectivity index (χ2v) is 4.21. The van der Waals surface area contributed by atoms with E-state index in [9.17, 15) is 9.18 Å². The second kappa shape index (κ2) is 6.30. The molecule has 0 unspecified atom stereocenters. The molecular weight excluding hydrogens is 239 g/mol. The molecule has 0 fully saturated rings. The van der Waals surface area contributed by atoms with E-state index < -0.39 is 0 Å². The van der Waals surface area contributed by atoms with Gasteiger partial charge in [-0.15, -0.1) is 0 Å². The van der Waals surface area contributed by atoms with Crippen LogP contribution in [0.15, 0.2) is 24.3 Å². The summed E-state index contributed by atoms with van der Waals surface area (Å²) < 4.78 is 12.7. The second-order valence-electron chi connectivity index (χ2n) is 3.80. The van der Waals surface area contributed by atoms with Crippen molar-refractivity contribution in [1.29, 1.82) is 0 Å². The lowest BCUT2D eigenvalue weighted by molar-refractivity contribution is -0.115. The average molecular weight is 254 g/mol. The summed E-state index contributed by atoms with van der Waals surface area (Å²) in [5.41, 5.74) is 0.929. The van der Waals surface area contributed by atoms with Crippen LogP contribution in [0.2, 0.25) is 0 Å². The smallest absolute Gasteiger partial charge is 0.167 e. The number of hydrogen-bond donors (Lipinski definition) is 2. The van der Waals surface area contributed by atoms with E-state index in [0.29, 0.717) is 5.11 Å². The molecule has 1 rings (SSSR count). The van der Waals surface area contributed by atoms with Crippen LogP contribution in [0, 0.1) is 5.82 Å². The lowest BCUT2D eigenvalue weighted by atomic mass is 10.1. The number of nitrogens with one attached hydrogen (secondary N) is 2. The number of carbonyl (C=O) groups excluding carboxylic acids is 1. The number of rotatable bonds is 4. The first-order valence-corrected chi connectivity index (χ1v) is 5.69. The number of hydrogen-bond acceptors (Lipinski definition) is 2. The van der Waals surface area contributed by atoms with Crippen molar-refractivity contribution in [3.63, 3.8) is 0 Å². The molecule has 0 spiro atoms. The minimum atomic E-state index is -0.266. The summed E-state index contributed by atoms with van der Waals surface area (Å²) in [5.74, 6) is -0.248. The van der Waals surface area contributed by atoms with E-state index in [-0.39, 0.29) is 24.2 Å². The lowest BCUT2D eigenvalue weighted by Crippen LogP contribution is -2.38. The Kier molecular flexibility index (Phi) is 5.03. The first-order chi connectivity index (χ1) is 7.99. The van der Waals surface area contributed by atoms with E-state index in [1.807, 2.05) is 6.92 Å². The third-order valence-corrected chi connectivity index (χ3v) is 2.48. The molecule has 1 aromatic carbocycles. The molecule has 0 aliphatic heterocycles. The van der Waals surface area contributed by atoms with Crippen LogP contribution in [0.1, 0.15) is 25.5 Å². The van der Waals surface area contributed by atoms with E-state index >= 15 is 0 Å². The molecule has 92 valence electrons. The third kappa shape index (κ3) is 4.91. The molecule has 1 aromatic rings. The van der Waals surface area contributed by atoms with Crippen LogP contribution in [0.4, 0.5) is 4.39 Å². The fourth-order valence-corrected chi connectivity index (χ4v) is 1.54. The Morgan fingerprint density at radius 1 is 1.41 bits per heavy atom. The van der Waals surface area contributed by atoms with Gasteiger partial charge in [0.2, 0.25) is 0 Å². The highest BCUT2D eigenvalue weighted by molar-refractivity contribution is 7.80. The topological polar surface area (TPSA) is 41.1 Å². The van der Waals surface area contributed by atoms with Gasteiger partial charge in [0.05, 0.1) is 12.6 Å². The zero-order valence-electron chi connectivity index (χ0n) is 9.79. The van der Waals surface area contributed by atoms with Gasteiger partial charge in [0, 0.05) is 0 Å². The standard InChI is InChI=1S/C12H15FN2OS/c1-8(16)7-14-12(17)15-9(2)10-3-5-11(13)6-4-10/h3-6,9H,7H2,1-2H3,(H2,14,15,17)/t9-/m0/s1.